The lowest BCUT2D eigenvalue weighted by atomic mass is 10.4. The Hall–Kier alpha value is -0.940. The summed E-state index contributed by atoms with van der Waals surface area (Å²) in [6.45, 7) is 3.69. The third kappa shape index (κ3) is 3.51. The summed E-state index contributed by atoms with van der Waals surface area (Å²) < 4.78 is 0. The predicted octanol–water partition coefficient (Wildman–Crippen LogP) is 1.53. The van der Waals surface area contributed by atoms with Crippen LogP contribution in [-0.2, 0) is 6.42 Å². The number of nitrogens with one attached hydrogen (secondary N) is 1. The molecule has 1 heterocycles. The van der Waals surface area contributed by atoms with Crippen LogP contribution in [0.25, 0.3) is 0 Å². The second kappa shape index (κ2) is 5.60. The van der Waals surface area contributed by atoms with E-state index in [2.05, 4.69) is 22.2 Å². The van der Waals surface area contributed by atoms with E-state index >= 15 is 0 Å². The SMILES string of the molecule is CCc1ncc(C(=O)NCCN(C)C2CC2)s1. The fourth-order valence-corrected chi connectivity index (χ4v) is 2.48. The summed E-state index contributed by atoms with van der Waals surface area (Å²) in [5, 5.41) is 3.96. The van der Waals surface area contributed by atoms with Gasteiger partial charge in [0.1, 0.15) is 4.88 Å². The summed E-state index contributed by atoms with van der Waals surface area (Å²) >= 11 is 1.48. The van der Waals surface area contributed by atoms with Gasteiger partial charge in [0, 0.05) is 19.1 Å². The maximum Gasteiger partial charge on any atom is 0.263 e. The molecule has 1 amide bonds. The highest BCUT2D eigenvalue weighted by Crippen LogP contribution is 2.24. The van der Waals surface area contributed by atoms with Crippen LogP contribution in [0, 0.1) is 0 Å². The van der Waals surface area contributed by atoms with E-state index in [1.165, 1.54) is 24.2 Å². The molecule has 1 saturated carbocycles. The Morgan fingerprint density at radius 3 is 3.00 bits per heavy atom. The highest BCUT2D eigenvalue weighted by Gasteiger charge is 2.25. The number of nitrogens with zero attached hydrogens (tertiary/aromatic N) is 2. The normalized spacial score (nSPS) is 15.2. The first-order chi connectivity index (χ1) is 8.20. The van der Waals surface area contributed by atoms with Crippen molar-refractivity contribution in [2.45, 2.75) is 32.2 Å². The maximum atomic E-state index is 11.8. The quantitative estimate of drug-likeness (QED) is 0.836. The molecular formula is C12H19N3OS. The summed E-state index contributed by atoms with van der Waals surface area (Å²) in [5.41, 5.74) is 0. The minimum absolute atomic E-state index is 0.00592. The van der Waals surface area contributed by atoms with Gasteiger partial charge in [-0.3, -0.25) is 4.79 Å². The number of likely N-dealkylation sites (N-methyl/N-ethyl adjacent to an activating group) is 1. The minimum Gasteiger partial charge on any atom is -0.350 e. The van der Waals surface area contributed by atoms with Gasteiger partial charge in [-0.05, 0) is 26.3 Å². The second-order valence-electron chi connectivity index (χ2n) is 4.44. The van der Waals surface area contributed by atoms with E-state index in [0.29, 0.717) is 6.54 Å². The zero-order chi connectivity index (χ0) is 12.3. The van der Waals surface area contributed by atoms with E-state index in [1.54, 1.807) is 6.20 Å². The van der Waals surface area contributed by atoms with Crippen molar-refractivity contribution in [2.24, 2.45) is 0 Å². The van der Waals surface area contributed by atoms with Crippen LogP contribution in [0.3, 0.4) is 0 Å². The van der Waals surface area contributed by atoms with Gasteiger partial charge in [0.2, 0.25) is 0 Å². The fraction of sp³-hybridized carbons (Fsp3) is 0.667. The molecule has 0 unspecified atom stereocenters. The molecule has 0 aliphatic heterocycles. The first-order valence-electron chi connectivity index (χ1n) is 6.14. The van der Waals surface area contributed by atoms with Crippen LogP contribution in [0.5, 0.6) is 0 Å². The molecule has 1 aromatic heterocycles. The van der Waals surface area contributed by atoms with Gasteiger partial charge < -0.3 is 10.2 Å². The molecule has 0 bridgehead atoms. The monoisotopic (exact) mass is 253 g/mol. The van der Waals surface area contributed by atoms with Crippen LogP contribution in [0.15, 0.2) is 6.20 Å². The van der Waals surface area contributed by atoms with Crippen LogP contribution < -0.4 is 5.32 Å². The van der Waals surface area contributed by atoms with E-state index in [-0.39, 0.29) is 5.91 Å². The Morgan fingerprint density at radius 1 is 1.65 bits per heavy atom. The lowest BCUT2D eigenvalue weighted by molar-refractivity contribution is 0.0953. The number of hydrogen-bond donors (Lipinski definition) is 1. The van der Waals surface area contributed by atoms with Gasteiger partial charge in [-0.15, -0.1) is 11.3 Å². The first-order valence-corrected chi connectivity index (χ1v) is 6.95. The largest absolute Gasteiger partial charge is 0.350 e. The van der Waals surface area contributed by atoms with Crippen LogP contribution in [0.2, 0.25) is 0 Å². The molecule has 94 valence electrons. The number of carbonyl (C=O) groups excluding carboxylic acids is 1. The van der Waals surface area contributed by atoms with E-state index in [1.807, 2.05) is 6.92 Å². The van der Waals surface area contributed by atoms with Gasteiger partial charge in [0.05, 0.1) is 11.2 Å². The van der Waals surface area contributed by atoms with Crippen molar-refractivity contribution in [1.82, 2.24) is 15.2 Å². The summed E-state index contributed by atoms with van der Waals surface area (Å²) in [4.78, 5) is 19.0. The van der Waals surface area contributed by atoms with E-state index in [4.69, 9.17) is 0 Å². The molecule has 1 N–H and O–H groups in total. The fourth-order valence-electron chi connectivity index (χ4n) is 1.71. The van der Waals surface area contributed by atoms with Gasteiger partial charge in [-0.1, -0.05) is 6.92 Å². The Kier molecular flexibility index (Phi) is 4.12. The zero-order valence-electron chi connectivity index (χ0n) is 10.4. The average Bonchev–Trinajstić information content (AvgIpc) is 3.06. The molecule has 17 heavy (non-hydrogen) atoms. The van der Waals surface area contributed by atoms with Crippen molar-refractivity contribution in [1.29, 1.82) is 0 Å². The van der Waals surface area contributed by atoms with Gasteiger partial charge in [-0.2, -0.15) is 0 Å². The predicted molar refractivity (Wildman–Crippen MR) is 69.5 cm³/mol. The molecule has 0 saturated heterocycles. The molecule has 5 heteroatoms. The first kappa shape index (κ1) is 12.5. The number of aromatic nitrogens is 1. The number of carbonyl (C=O) groups is 1. The molecule has 1 aromatic rings. The van der Waals surface area contributed by atoms with Crippen molar-refractivity contribution < 1.29 is 4.79 Å². The maximum absolute atomic E-state index is 11.8. The Morgan fingerprint density at radius 2 is 2.41 bits per heavy atom. The number of rotatable bonds is 6. The van der Waals surface area contributed by atoms with Crippen molar-refractivity contribution in [3.05, 3.63) is 16.1 Å². The zero-order valence-corrected chi connectivity index (χ0v) is 11.2. The molecule has 1 aliphatic rings. The van der Waals surface area contributed by atoms with Crippen molar-refractivity contribution in [3.63, 3.8) is 0 Å². The summed E-state index contributed by atoms with van der Waals surface area (Å²) in [5.74, 6) is 0.00592. The number of thiazole rings is 1. The summed E-state index contributed by atoms with van der Waals surface area (Å²) in [6.07, 6.45) is 5.17. The van der Waals surface area contributed by atoms with E-state index in [0.717, 1.165) is 28.9 Å². The van der Waals surface area contributed by atoms with Gasteiger partial charge >= 0.3 is 0 Å². The number of aryl methyl sites for hydroxylation is 1. The topological polar surface area (TPSA) is 45.2 Å². The smallest absolute Gasteiger partial charge is 0.263 e. The average molecular weight is 253 g/mol. The third-order valence-corrected chi connectivity index (χ3v) is 4.14. The minimum atomic E-state index is 0.00592. The highest BCUT2D eigenvalue weighted by molar-refractivity contribution is 7.13. The Balaban J connectivity index is 1.72. The molecule has 0 spiro atoms. The van der Waals surface area contributed by atoms with Crippen molar-refractivity contribution in [2.75, 3.05) is 20.1 Å². The number of hydrogen-bond acceptors (Lipinski definition) is 4. The van der Waals surface area contributed by atoms with Gasteiger partial charge in [-0.25, -0.2) is 4.98 Å². The van der Waals surface area contributed by atoms with Gasteiger partial charge in [0.25, 0.3) is 5.91 Å². The lowest BCUT2D eigenvalue weighted by Crippen LogP contribution is -2.33. The molecule has 2 rings (SSSR count). The Labute approximate surface area is 106 Å². The third-order valence-electron chi connectivity index (χ3n) is 3.00. The summed E-state index contributed by atoms with van der Waals surface area (Å²) in [6, 6.07) is 0.752. The Bertz CT molecular complexity index is 387. The highest BCUT2D eigenvalue weighted by atomic mass is 32.1. The molecule has 1 aliphatic carbocycles. The van der Waals surface area contributed by atoms with Crippen LogP contribution in [-0.4, -0.2) is 42.0 Å². The van der Waals surface area contributed by atoms with Crippen LogP contribution in [0.4, 0.5) is 0 Å². The molecule has 0 atom stereocenters. The van der Waals surface area contributed by atoms with Crippen molar-refractivity contribution in [3.8, 4) is 0 Å². The van der Waals surface area contributed by atoms with Crippen molar-refractivity contribution >= 4 is 17.2 Å². The molecule has 4 nitrogen and oxygen atoms in total. The van der Waals surface area contributed by atoms with E-state index < -0.39 is 0 Å². The summed E-state index contributed by atoms with van der Waals surface area (Å²) in [7, 11) is 2.12. The van der Waals surface area contributed by atoms with Crippen LogP contribution in [0.1, 0.15) is 34.4 Å². The lowest BCUT2D eigenvalue weighted by Gasteiger charge is -2.15. The van der Waals surface area contributed by atoms with Gasteiger partial charge in [0.15, 0.2) is 0 Å². The van der Waals surface area contributed by atoms with Crippen LogP contribution >= 0.6 is 11.3 Å². The number of amides is 1. The molecule has 0 radical (unpaired) electrons. The van der Waals surface area contributed by atoms with E-state index in [9.17, 15) is 4.79 Å². The molecule has 0 aromatic carbocycles. The molecular weight excluding hydrogens is 234 g/mol. The second-order valence-corrected chi connectivity index (χ2v) is 5.55. The molecule has 1 fully saturated rings. The standard InChI is InChI=1S/C12H19N3OS/c1-3-11-14-8-10(17-11)12(16)13-6-7-15(2)9-4-5-9/h8-9H,3-7H2,1-2H3,(H,13,16).